The summed E-state index contributed by atoms with van der Waals surface area (Å²) in [6.45, 7) is 3.59. The van der Waals surface area contributed by atoms with Crippen LogP contribution >= 0.6 is 0 Å². The maximum Gasteiger partial charge on any atom is 0.228 e. The molecule has 3 rings (SSSR count). The molecule has 0 unspecified atom stereocenters. The number of carbonyl (C=O) groups excluding carboxylic acids is 2. The molecule has 0 atom stereocenters. The number of amides is 2. The molecule has 1 N–H and O–H groups in total. The van der Waals surface area contributed by atoms with Crippen molar-refractivity contribution < 1.29 is 9.59 Å². The average molecular weight is 322 g/mol. The fraction of sp³-hybridized carbons (Fsp3) is 0.300. The number of hydrogen-bond donors (Lipinski definition) is 1. The third kappa shape index (κ3) is 3.82. The van der Waals surface area contributed by atoms with Gasteiger partial charge in [0.25, 0.3) is 0 Å². The number of hydrogen-bond acceptors (Lipinski definition) is 2. The minimum Gasteiger partial charge on any atom is -0.324 e. The molecule has 2 amide bonds. The highest BCUT2D eigenvalue weighted by Crippen LogP contribution is 2.36. The minimum absolute atomic E-state index is 0.0118. The summed E-state index contributed by atoms with van der Waals surface area (Å²) in [5.41, 5.74) is 3.62. The zero-order valence-corrected chi connectivity index (χ0v) is 14.1. The van der Waals surface area contributed by atoms with E-state index in [1.807, 2.05) is 55.5 Å². The van der Waals surface area contributed by atoms with E-state index < -0.39 is 0 Å². The average Bonchev–Trinajstić information content (AvgIpc) is 3.36. The quantitative estimate of drug-likeness (QED) is 0.912. The van der Waals surface area contributed by atoms with Crippen molar-refractivity contribution in [1.29, 1.82) is 0 Å². The Bertz CT molecular complexity index is 748. The number of nitrogens with one attached hydrogen (secondary N) is 1. The number of rotatable bonds is 5. The summed E-state index contributed by atoms with van der Waals surface area (Å²) in [6.07, 6.45) is 2.36. The Labute approximate surface area is 142 Å². The molecule has 1 aliphatic carbocycles. The highest BCUT2D eigenvalue weighted by atomic mass is 16.2. The van der Waals surface area contributed by atoms with E-state index in [9.17, 15) is 9.59 Å². The van der Waals surface area contributed by atoms with Crippen LogP contribution in [0.1, 0.15) is 30.9 Å². The summed E-state index contributed by atoms with van der Waals surface area (Å²) in [7, 11) is 0. The summed E-state index contributed by atoms with van der Waals surface area (Å²) in [5.74, 6) is -0.0664. The van der Waals surface area contributed by atoms with Crippen LogP contribution in [0.4, 0.5) is 11.4 Å². The molecule has 1 saturated carbocycles. The van der Waals surface area contributed by atoms with Crippen molar-refractivity contribution >= 4 is 23.2 Å². The van der Waals surface area contributed by atoms with Gasteiger partial charge in [-0.05, 0) is 37.5 Å². The van der Waals surface area contributed by atoms with Gasteiger partial charge in [-0.3, -0.25) is 9.59 Å². The topological polar surface area (TPSA) is 49.4 Å². The van der Waals surface area contributed by atoms with Crippen molar-refractivity contribution in [2.45, 2.75) is 39.2 Å². The number of anilines is 2. The monoisotopic (exact) mass is 322 g/mol. The molecule has 4 heteroatoms. The molecule has 0 heterocycles. The summed E-state index contributed by atoms with van der Waals surface area (Å²) in [6, 6.07) is 15.7. The molecule has 0 aromatic heterocycles. The van der Waals surface area contributed by atoms with Gasteiger partial charge in [0.05, 0.1) is 17.8 Å². The van der Waals surface area contributed by atoms with Crippen molar-refractivity contribution in [3.8, 4) is 0 Å². The van der Waals surface area contributed by atoms with Crippen LogP contribution in [0.15, 0.2) is 48.5 Å². The van der Waals surface area contributed by atoms with Crippen LogP contribution < -0.4 is 10.2 Å². The Morgan fingerprint density at radius 2 is 1.75 bits per heavy atom. The highest BCUT2D eigenvalue weighted by molar-refractivity contribution is 6.01. The van der Waals surface area contributed by atoms with Crippen molar-refractivity contribution in [1.82, 2.24) is 0 Å². The molecule has 0 spiro atoms. The van der Waals surface area contributed by atoms with Crippen LogP contribution in [0.5, 0.6) is 0 Å². The van der Waals surface area contributed by atoms with Crippen LogP contribution in [0.25, 0.3) is 0 Å². The fourth-order valence-corrected chi connectivity index (χ4v) is 2.83. The maximum atomic E-state index is 12.4. The molecule has 1 fully saturated rings. The Morgan fingerprint density at radius 1 is 1.08 bits per heavy atom. The number of aryl methyl sites for hydroxylation is 1. The standard InChI is InChI=1S/C20H22N2O2/c1-14-7-9-16(10-8-14)13-20(24)21-18-5-3-4-6-19(18)22(15(2)23)17-11-12-17/h3-10,17H,11-13H2,1-2H3,(H,21,24). The number of carbonyl (C=O) groups is 2. The molecule has 124 valence electrons. The Morgan fingerprint density at radius 3 is 2.38 bits per heavy atom. The van der Waals surface area contributed by atoms with Gasteiger partial charge >= 0.3 is 0 Å². The molecule has 24 heavy (non-hydrogen) atoms. The van der Waals surface area contributed by atoms with Crippen LogP contribution in [-0.2, 0) is 16.0 Å². The van der Waals surface area contributed by atoms with Crippen molar-refractivity contribution in [2.75, 3.05) is 10.2 Å². The summed E-state index contributed by atoms with van der Waals surface area (Å²) < 4.78 is 0. The van der Waals surface area contributed by atoms with E-state index in [1.165, 1.54) is 5.56 Å². The van der Waals surface area contributed by atoms with Gasteiger partial charge in [-0.2, -0.15) is 0 Å². The van der Waals surface area contributed by atoms with Crippen LogP contribution in [-0.4, -0.2) is 17.9 Å². The van der Waals surface area contributed by atoms with Gasteiger partial charge in [0.15, 0.2) is 0 Å². The summed E-state index contributed by atoms with van der Waals surface area (Å²) >= 11 is 0. The number of para-hydroxylation sites is 2. The predicted octanol–water partition coefficient (Wildman–Crippen LogP) is 3.69. The third-order valence-electron chi connectivity index (χ3n) is 4.17. The smallest absolute Gasteiger partial charge is 0.228 e. The lowest BCUT2D eigenvalue weighted by atomic mass is 10.1. The van der Waals surface area contributed by atoms with E-state index in [2.05, 4.69) is 5.32 Å². The molecule has 2 aromatic rings. The molecule has 0 aliphatic heterocycles. The van der Waals surface area contributed by atoms with Gasteiger partial charge in [0, 0.05) is 13.0 Å². The van der Waals surface area contributed by atoms with Crippen molar-refractivity contribution in [3.63, 3.8) is 0 Å². The zero-order chi connectivity index (χ0) is 17.1. The lowest BCUT2D eigenvalue weighted by molar-refractivity contribution is -0.117. The molecular formula is C20H22N2O2. The van der Waals surface area contributed by atoms with Crippen LogP contribution in [0, 0.1) is 6.92 Å². The maximum absolute atomic E-state index is 12.4. The van der Waals surface area contributed by atoms with Gasteiger partial charge in [0.2, 0.25) is 11.8 Å². The van der Waals surface area contributed by atoms with Gasteiger partial charge in [-0.1, -0.05) is 42.0 Å². The van der Waals surface area contributed by atoms with Gasteiger partial charge < -0.3 is 10.2 Å². The van der Waals surface area contributed by atoms with Gasteiger partial charge in [-0.25, -0.2) is 0 Å². The number of benzene rings is 2. The van der Waals surface area contributed by atoms with Gasteiger partial charge in [0.1, 0.15) is 0 Å². The Balaban J connectivity index is 1.76. The molecule has 1 aliphatic rings. The Hall–Kier alpha value is -2.62. The van der Waals surface area contributed by atoms with E-state index in [0.717, 1.165) is 24.1 Å². The Kier molecular flexibility index (Phi) is 4.65. The largest absolute Gasteiger partial charge is 0.324 e. The fourth-order valence-electron chi connectivity index (χ4n) is 2.83. The second kappa shape index (κ2) is 6.87. The first-order valence-electron chi connectivity index (χ1n) is 8.29. The highest BCUT2D eigenvalue weighted by Gasteiger charge is 2.33. The van der Waals surface area contributed by atoms with E-state index in [-0.39, 0.29) is 17.9 Å². The molecular weight excluding hydrogens is 300 g/mol. The van der Waals surface area contributed by atoms with E-state index in [4.69, 9.17) is 0 Å². The van der Waals surface area contributed by atoms with Gasteiger partial charge in [-0.15, -0.1) is 0 Å². The first kappa shape index (κ1) is 16.2. The van der Waals surface area contributed by atoms with Crippen LogP contribution in [0.2, 0.25) is 0 Å². The van der Waals surface area contributed by atoms with Crippen molar-refractivity contribution in [2.24, 2.45) is 0 Å². The normalized spacial score (nSPS) is 13.4. The first-order valence-corrected chi connectivity index (χ1v) is 8.29. The zero-order valence-electron chi connectivity index (χ0n) is 14.1. The predicted molar refractivity (Wildman–Crippen MR) is 96.1 cm³/mol. The molecule has 0 bridgehead atoms. The molecule has 4 nitrogen and oxygen atoms in total. The van der Waals surface area contributed by atoms with E-state index >= 15 is 0 Å². The second-order valence-corrected chi connectivity index (χ2v) is 6.35. The molecule has 0 saturated heterocycles. The molecule has 2 aromatic carbocycles. The number of nitrogens with zero attached hydrogens (tertiary/aromatic N) is 1. The lowest BCUT2D eigenvalue weighted by Gasteiger charge is -2.23. The second-order valence-electron chi connectivity index (χ2n) is 6.35. The summed E-state index contributed by atoms with van der Waals surface area (Å²) in [4.78, 5) is 26.2. The van der Waals surface area contributed by atoms with Crippen LogP contribution in [0.3, 0.4) is 0 Å². The minimum atomic E-state index is -0.0781. The van der Waals surface area contributed by atoms with Crippen molar-refractivity contribution in [3.05, 3.63) is 59.7 Å². The van der Waals surface area contributed by atoms with E-state index in [0.29, 0.717) is 12.1 Å². The van der Waals surface area contributed by atoms with E-state index in [1.54, 1.807) is 11.8 Å². The third-order valence-corrected chi connectivity index (χ3v) is 4.17. The lowest BCUT2D eigenvalue weighted by Crippen LogP contribution is -2.31. The SMILES string of the molecule is CC(=O)N(c1ccccc1NC(=O)Cc1ccc(C)cc1)C1CC1. The first-order chi connectivity index (χ1) is 11.5. The summed E-state index contributed by atoms with van der Waals surface area (Å²) in [5, 5.41) is 2.96. The molecule has 0 radical (unpaired) electrons.